The molecule has 4 fully saturated rings. The van der Waals surface area contributed by atoms with Gasteiger partial charge in [-0.1, -0.05) is 12.1 Å². The number of esters is 1. The molecule has 4 atom stereocenters. The fourth-order valence-corrected chi connectivity index (χ4v) is 10.1. The van der Waals surface area contributed by atoms with Gasteiger partial charge in [0.05, 0.1) is 19.3 Å². The largest absolute Gasteiger partial charge is 0.493 e. The van der Waals surface area contributed by atoms with Gasteiger partial charge in [-0.05, 0) is 124 Å². The molecule has 4 aliphatic carbocycles. The molecule has 3 heterocycles. The number of nitrogens with zero attached hydrogens (tertiary/aromatic N) is 1. The molecule has 0 saturated heterocycles. The van der Waals surface area contributed by atoms with Gasteiger partial charge >= 0.3 is 12.1 Å². The standard InChI is InChI=1S/C42H44N4O8S/c1-40(2,3)54-39(50)43-21-23-5-7-27(8-6-23)44-36(47)30-16-31-33(53-13-11-25-12-14-55-35(25)31)17-29(30)28-9-10-32(45-34(28)38(49)52-4)37(48)46-42-19-24-15-26(42)20-41(51,18-24)22-42/h5-10,12,14,16-17,24,26,51H,11,13,15,18-22H2,1-4H3,(H,43,50)(H,44,47)(H,46,48). The molecule has 3 amide bonds. The van der Waals surface area contributed by atoms with Gasteiger partial charge in [0.2, 0.25) is 0 Å². The second-order valence-corrected chi connectivity index (χ2v) is 17.2. The Morgan fingerprint density at radius 1 is 0.982 bits per heavy atom. The van der Waals surface area contributed by atoms with Gasteiger partial charge in [0, 0.05) is 51.3 Å². The molecule has 0 radical (unpaired) electrons. The SMILES string of the molecule is COC(=O)c1nc(C(=O)NC23CC4CC2CC(O)(C4)C3)ccc1-c1cc2c(cc1C(=O)Nc1ccc(CNC(=O)OC(C)(C)C)cc1)-c1sccc1CCO2. The van der Waals surface area contributed by atoms with E-state index in [1.54, 1.807) is 80.6 Å². The summed E-state index contributed by atoms with van der Waals surface area (Å²) in [5.41, 5.74) is 2.18. The molecule has 286 valence electrons. The van der Waals surface area contributed by atoms with Gasteiger partial charge in [0.15, 0.2) is 5.69 Å². The number of fused-ring (bicyclic) bond motifs is 3. The second-order valence-electron chi connectivity index (χ2n) is 16.3. The first-order chi connectivity index (χ1) is 26.2. The fourth-order valence-electron chi connectivity index (χ4n) is 9.12. The van der Waals surface area contributed by atoms with Crippen molar-refractivity contribution in [2.24, 2.45) is 11.8 Å². The van der Waals surface area contributed by atoms with E-state index in [1.807, 2.05) is 5.38 Å². The Bertz CT molecular complexity index is 2210. The van der Waals surface area contributed by atoms with Crippen molar-refractivity contribution in [3.63, 3.8) is 0 Å². The lowest BCUT2D eigenvalue weighted by atomic mass is 9.77. The molecule has 4 aromatic rings. The van der Waals surface area contributed by atoms with Crippen molar-refractivity contribution >= 4 is 40.9 Å². The Kier molecular flexibility index (Phi) is 9.20. The molecule has 13 heteroatoms. The van der Waals surface area contributed by atoms with Crippen molar-refractivity contribution in [2.75, 3.05) is 19.0 Å². The van der Waals surface area contributed by atoms with E-state index >= 15 is 0 Å². The van der Waals surface area contributed by atoms with Crippen LogP contribution in [0.4, 0.5) is 10.5 Å². The number of aliphatic hydroxyl groups is 1. The monoisotopic (exact) mass is 764 g/mol. The number of rotatable bonds is 8. The van der Waals surface area contributed by atoms with Crippen molar-refractivity contribution in [1.29, 1.82) is 0 Å². The van der Waals surface area contributed by atoms with Crippen LogP contribution in [0.3, 0.4) is 0 Å². The fraction of sp³-hybridized carbons (Fsp3) is 0.405. The van der Waals surface area contributed by atoms with E-state index in [2.05, 4.69) is 27.0 Å². The number of methoxy groups -OCH3 is 1. The maximum atomic E-state index is 14.3. The number of anilines is 1. The minimum atomic E-state index is -0.767. The Balaban J connectivity index is 1.12. The van der Waals surface area contributed by atoms with Crippen molar-refractivity contribution < 1.29 is 38.5 Å². The maximum Gasteiger partial charge on any atom is 0.407 e. The quantitative estimate of drug-likeness (QED) is 0.140. The minimum Gasteiger partial charge on any atom is -0.493 e. The summed E-state index contributed by atoms with van der Waals surface area (Å²) in [6, 6.07) is 15.8. The molecule has 55 heavy (non-hydrogen) atoms. The molecular formula is C42H44N4O8S. The van der Waals surface area contributed by atoms with Crippen LogP contribution >= 0.6 is 11.3 Å². The predicted octanol–water partition coefficient (Wildman–Crippen LogP) is 6.90. The number of hydrogen-bond donors (Lipinski definition) is 4. The average Bonchev–Trinajstić information content (AvgIpc) is 3.71. The van der Waals surface area contributed by atoms with E-state index in [4.69, 9.17) is 14.2 Å². The van der Waals surface area contributed by atoms with Gasteiger partial charge in [-0.3, -0.25) is 9.59 Å². The van der Waals surface area contributed by atoms with Gasteiger partial charge in [-0.25, -0.2) is 14.6 Å². The van der Waals surface area contributed by atoms with Gasteiger partial charge < -0.3 is 35.3 Å². The number of carbonyl (C=O) groups excluding carboxylic acids is 4. The van der Waals surface area contributed by atoms with Gasteiger partial charge in [0.25, 0.3) is 11.8 Å². The highest BCUT2D eigenvalue weighted by molar-refractivity contribution is 7.13. The number of ether oxygens (including phenoxy) is 3. The van der Waals surface area contributed by atoms with E-state index in [0.717, 1.165) is 40.8 Å². The number of carbonyl (C=O) groups is 4. The molecule has 2 aromatic heterocycles. The predicted molar refractivity (Wildman–Crippen MR) is 206 cm³/mol. The zero-order valence-electron chi connectivity index (χ0n) is 31.2. The van der Waals surface area contributed by atoms with E-state index in [9.17, 15) is 24.3 Å². The number of pyridine rings is 1. The summed E-state index contributed by atoms with van der Waals surface area (Å²) >= 11 is 1.56. The second kappa shape index (κ2) is 13.8. The Morgan fingerprint density at radius 2 is 1.78 bits per heavy atom. The van der Waals surface area contributed by atoms with Gasteiger partial charge in [-0.15, -0.1) is 11.3 Å². The third kappa shape index (κ3) is 7.18. The molecule has 0 spiro atoms. The number of aromatic nitrogens is 1. The van der Waals surface area contributed by atoms with Crippen LogP contribution in [0.5, 0.6) is 5.75 Å². The molecule has 4 N–H and O–H groups in total. The van der Waals surface area contributed by atoms with Crippen molar-refractivity contribution in [3.05, 3.63) is 88.1 Å². The van der Waals surface area contributed by atoms with E-state index in [0.29, 0.717) is 54.4 Å². The zero-order valence-corrected chi connectivity index (χ0v) is 32.1. The third-order valence-electron chi connectivity index (χ3n) is 11.2. The number of hydrogen-bond acceptors (Lipinski definition) is 10. The molecule has 4 unspecified atom stereocenters. The van der Waals surface area contributed by atoms with Crippen molar-refractivity contribution in [1.82, 2.24) is 15.6 Å². The first-order valence-electron chi connectivity index (χ1n) is 18.6. The molecule has 4 saturated carbocycles. The maximum absolute atomic E-state index is 14.3. The number of thiophene rings is 1. The lowest BCUT2D eigenvalue weighted by Crippen LogP contribution is -2.51. The molecule has 5 aliphatic rings. The van der Waals surface area contributed by atoms with E-state index in [1.165, 1.54) is 7.11 Å². The number of amides is 3. The molecule has 12 nitrogen and oxygen atoms in total. The van der Waals surface area contributed by atoms with Crippen LogP contribution in [-0.4, -0.2) is 64.4 Å². The number of alkyl carbamates (subject to hydrolysis) is 1. The summed E-state index contributed by atoms with van der Waals surface area (Å²) < 4.78 is 16.7. The van der Waals surface area contributed by atoms with E-state index < -0.39 is 40.6 Å². The summed E-state index contributed by atoms with van der Waals surface area (Å²) in [4.78, 5) is 59.2. The Labute approximate surface area is 323 Å². The molecule has 9 rings (SSSR count). The topological polar surface area (TPSA) is 165 Å². The summed E-state index contributed by atoms with van der Waals surface area (Å²) in [6.45, 7) is 6.05. The summed E-state index contributed by atoms with van der Waals surface area (Å²) in [7, 11) is 1.24. The molecular weight excluding hydrogens is 721 g/mol. The molecule has 1 aliphatic heterocycles. The van der Waals surface area contributed by atoms with Gasteiger partial charge in [-0.2, -0.15) is 0 Å². The Morgan fingerprint density at radius 3 is 2.53 bits per heavy atom. The minimum absolute atomic E-state index is 0.0400. The average molecular weight is 765 g/mol. The summed E-state index contributed by atoms with van der Waals surface area (Å²) in [5.74, 6) is -0.502. The van der Waals surface area contributed by atoms with Crippen molar-refractivity contribution in [2.45, 2.75) is 82.6 Å². The van der Waals surface area contributed by atoms with Crippen molar-refractivity contribution in [3.8, 4) is 27.3 Å². The normalized spacial score (nSPS) is 23.1. The highest BCUT2D eigenvalue weighted by Gasteiger charge is 2.64. The van der Waals surface area contributed by atoms with Crippen LogP contribution in [0.2, 0.25) is 0 Å². The zero-order chi connectivity index (χ0) is 38.7. The smallest absolute Gasteiger partial charge is 0.407 e. The van der Waals surface area contributed by atoms with Crippen LogP contribution in [0.15, 0.2) is 60.0 Å². The lowest BCUT2D eigenvalue weighted by Gasteiger charge is -2.37. The van der Waals surface area contributed by atoms with Crippen LogP contribution in [-0.2, 0) is 22.4 Å². The third-order valence-corrected chi connectivity index (χ3v) is 12.2. The lowest BCUT2D eigenvalue weighted by molar-refractivity contribution is -0.0152. The summed E-state index contributed by atoms with van der Waals surface area (Å²) in [5, 5.41) is 22.0. The molecule has 4 bridgehead atoms. The number of nitrogens with one attached hydrogen (secondary N) is 3. The summed E-state index contributed by atoms with van der Waals surface area (Å²) in [6.07, 6.45) is 3.93. The highest BCUT2D eigenvalue weighted by Crippen LogP contribution is 2.62. The highest BCUT2D eigenvalue weighted by atomic mass is 32.1. The number of benzene rings is 2. The van der Waals surface area contributed by atoms with Crippen LogP contribution in [0, 0.1) is 11.8 Å². The van der Waals surface area contributed by atoms with E-state index in [-0.39, 0.29) is 29.4 Å². The van der Waals surface area contributed by atoms with Gasteiger partial charge in [0.1, 0.15) is 17.0 Å². The van der Waals surface area contributed by atoms with Crippen LogP contribution < -0.4 is 20.7 Å². The Hall–Kier alpha value is -5.27. The van der Waals surface area contributed by atoms with Crippen LogP contribution in [0.25, 0.3) is 21.6 Å². The first kappa shape index (κ1) is 36.7. The first-order valence-corrected chi connectivity index (χ1v) is 19.5. The molecule has 2 aromatic carbocycles. The van der Waals surface area contributed by atoms with Crippen LogP contribution in [0.1, 0.15) is 95.3 Å².